The Morgan fingerprint density at radius 1 is 1.00 bits per heavy atom. The lowest BCUT2D eigenvalue weighted by atomic mass is 9.77. The summed E-state index contributed by atoms with van der Waals surface area (Å²) in [7, 11) is 0. The van der Waals surface area contributed by atoms with Crippen LogP contribution in [0.5, 0.6) is 11.5 Å². The normalized spacial score (nSPS) is 21.8. The van der Waals surface area contributed by atoms with Crippen LogP contribution in [0.2, 0.25) is 0 Å². The number of ether oxygens (including phenoxy) is 2. The van der Waals surface area contributed by atoms with Gasteiger partial charge in [0.25, 0.3) is 5.91 Å². The molecule has 0 bridgehead atoms. The van der Waals surface area contributed by atoms with Crippen LogP contribution in [0.4, 0.5) is 0 Å². The van der Waals surface area contributed by atoms with E-state index in [1.165, 1.54) is 43.2 Å². The molecule has 0 aromatic heterocycles. The van der Waals surface area contributed by atoms with Gasteiger partial charge in [-0.25, -0.2) is 0 Å². The third-order valence-electron chi connectivity index (χ3n) is 6.99. The minimum absolute atomic E-state index is 0.0207. The smallest absolute Gasteiger partial charge is 0.258 e. The van der Waals surface area contributed by atoms with E-state index in [1.54, 1.807) is 0 Å². The first-order chi connectivity index (χ1) is 14.7. The van der Waals surface area contributed by atoms with Gasteiger partial charge in [0, 0.05) is 12.0 Å². The van der Waals surface area contributed by atoms with E-state index in [0.717, 1.165) is 49.2 Å². The van der Waals surface area contributed by atoms with Gasteiger partial charge in [0.1, 0.15) is 17.1 Å². The zero-order valence-corrected chi connectivity index (χ0v) is 17.6. The van der Waals surface area contributed by atoms with E-state index >= 15 is 0 Å². The lowest BCUT2D eigenvalue weighted by Crippen LogP contribution is -2.47. The highest BCUT2D eigenvalue weighted by atomic mass is 16.5. The lowest BCUT2D eigenvalue weighted by molar-refractivity contribution is -0.124. The molecular formula is C26H31NO3. The Morgan fingerprint density at radius 2 is 1.80 bits per heavy atom. The molecule has 4 heteroatoms. The molecule has 1 saturated carbocycles. The Labute approximate surface area is 179 Å². The number of hydrogen-bond acceptors (Lipinski definition) is 3. The van der Waals surface area contributed by atoms with Crippen LogP contribution in [0.25, 0.3) is 0 Å². The molecule has 1 heterocycles. The summed E-state index contributed by atoms with van der Waals surface area (Å²) in [6.45, 7) is 0.0469. The van der Waals surface area contributed by atoms with Crippen molar-refractivity contribution in [2.75, 3.05) is 6.61 Å². The van der Waals surface area contributed by atoms with Gasteiger partial charge < -0.3 is 14.8 Å². The first kappa shape index (κ1) is 19.5. The summed E-state index contributed by atoms with van der Waals surface area (Å²) in [5.74, 6) is 1.65. The zero-order chi connectivity index (χ0) is 20.4. The molecule has 1 spiro atoms. The fourth-order valence-corrected chi connectivity index (χ4v) is 5.43. The van der Waals surface area contributed by atoms with Crippen molar-refractivity contribution in [3.8, 4) is 11.5 Å². The average Bonchev–Trinajstić information content (AvgIpc) is 2.78. The van der Waals surface area contributed by atoms with Crippen molar-refractivity contribution >= 4 is 5.91 Å². The minimum atomic E-state index is -0.135. The Balaban J connectivity index is 1.25. The Kier molecular flexibility index (Phi) is 5.41. The van der Waals surface area contributed by atoms with Crippen molar-refractivity contribution in [1.82, 2.24) is 5.32 Å². The van der Waals surface area contributed by atoms with E-state index in [9.17, 15) is 4.79 Å². The fraction of sp³-hybridized carbons (Fsp3) is 0.500. The molecule has 4 nitrogen and oxygen atoms in total. The number of fused-ring (bicyclic) bond motifs is 2. The molecule has 1 amide bonds. The predicted octanol–water partition coefficient (Wildman–Crippen LogP) is 5.29. The largest absolute Gasteiger partial charge is 0.487 e. The van der Waals surface area contributed by atoms with E-state index in [4.69, 9.17) is 9.47 Å². The summed E-state index contributed by atoms with van der Waals surface area (Å²) in [5.41, 5.74) is 3.74. The van der Waals surface area contributed by atoms with E-state index in [2.05, 4.69) is 23.5 Å². The second kappa shape index (κ2) is 8.33. The Bertz CT molecular complexity index is 916. The lowest BCUT2D eigenvalue weighted by Gasteiger charge is -2.44. The standard InChI is InChI=1S/C26H31NO3/c28-25(18-29-21-13-12-19-8-2-3-9-20(19)16-21)27-23-17-26(14-6-1-7-15-26)30-24-11-5-4-10-22(23)24/h4-5,10-13,16,23H,1-3,6-9,14-15,17-18H2,(H,27,28). The van der Waals surface area contributed by atoms with Gasteiger partial charge in [-0.1, -0.05) is 30.7 Å². The number of benzene rings is 2. The van der Waals surface area contributed by atoms with Crippen molar-refractivity contribution in [2.24, 2.45) is 0 Å². The average molecular weight is 406 g/mol. The third kappa shape index (κ3) is 4.05. The van der Waals surface area contributed by atoms with Gasteiger partial charge in [0.05, 0.1) is 6.04 Å². The monoisotopic (exact) mass is 405 g/mol. The summed E-state index contributed by atoms with van der Waals surface area (Å²) < 4.78 is 12.3. The SMILES string of the molecule is O=C(COc1ccc2c(c1)CCCC2)NC1CC2(CCCCC2)Oc2ccccc21. The summed E-state index contributed by atoms with van der Waals surface area (Å²) >= 11 is 0. The second-order valence-electron chi connectivity index (χ2n) is 9.13. The molecule has 5 rings (SSSR count). The van der Waals surface area contributed by atoms with Gasteiger partial charge in [-0.05, 0) is 80.7 Å². The van der Waals surface area contributed by atoms with Crippen molar-refractivity contribution in [2.45, 2.75) is 75.9 Å². The van der Waals surface area contributed by atoms with Crippen LogP contribution in [0, 0.1) is 0 Å². The first-order valence-corrected chi connectivity index (χ1v) is 11.5. The Morgan fingerprint density at radius 3 is 2.67 bits per heavy atom. The number of hydrogen-bond donors (Lipinski definition) is 1. The van der Waals surface area contributed by atoms with Crippen LogP contribution in [-0.4, -0.2) is 18.1 Å². The van der Waals surface area contributed by atoms with E-state index in [0.29, 0.717) is 0 Å². The molecule has 1 atom stereocenters. The van der Waals surface area contributed by atoms with E-state index < -0.39 is 0 Å². The maximum absolute atomic E-state index is 12.8. The van der Waals surface area contributed by atoms with Crippen molar-refractivity contribution in [1.29, 1.82) is 0 Å². The van der Waals surface area contributed by atoms with Crippen LogP contribution >= 0.6 is 0 Å². The van der Waals surface area contributed by atoms with Crippen LogP contribution in [-0.2, 0) is 17.6 Å². The predicted molar refractivity (Wildman–Crippen MR) is 117 cm³/mol. The van der Waals surface area contributed by atoms with E-state index in [-0.39, 0.29) is 24.2 Å². The summed E-state index contributed by atoms with van der Waals surface area (Å²) in [4.78, 5) is 12.8. The molecule has 3 aliphatic rings. The fourth-order valence-electron chi connectivity index (χ4n) is 5.43. The number of aryl methyl sites for hydroxylation is 2. The second-order valence-corrected chi connectivity index (χ2v) is 9.13. The molecule has 1 N–H and O–H groups in total. The molecule has 2 aromatic rings. The topological polar surface area (TPSA) is 47.6 Å². The molecule has 1 aliphatic heterocycles. The van der Waals surface area contributed by atoms with Gasteiger partial charge in [-0.3, -0.25) is 4.79 Å². The minimum Gasteiger partial charge on any atom is -0.487 e. The van der Waals surface area contributed by atoms with Crippen LogP contribution < -0.4 is 14.8 Å². The quantitative estimate of drug-likeness (QED) is 0.752. The van der Waals surface area contributed by atoms with Crippen LogP contribution in [0.1, 0.15) is 74.1 Å². The maximum Gasteiger partial charge on any atom is 0.258 e. The van der Waals surface area contributed by atoms with Gasteiger partial charge in [-0.15, -0.1) is 0 Å². The van der Waals surface area contributed by atoms with Gasteiger partial charge >= 0.3 is 0 Å². The van der Waals surface area contributed by atoms with Crippen molar-refractivity contribution in [3.63, 3.8) is 0 Å². The Hall–Kier alpha value is -2.49. The summed E-state index contributed by atoms with van der Waals surface area (Å²) in [5, 5.41) is 3.24. The van der Waals surface area contributed by atoms with Gasteiger partial charge in [0.15, 0.2) is 6.61 Å². The zero-order valence-electron chi connectivity index (χ0n) is 17.6. The summed E-state index contributed by atoms with van der Waals surface area (Å²) in [6.07, 6.45) is 11.4. The molecule has 30 heavy (non-hydrogen) atoms. The van der Waals surface area contributed by atoms with Gasteiger partial charge in [-0.2, -0.15) is 0 Å². The maximum atomic E-state index is 12.8. The molecule has 2 aliphatic carbocycles. The van der Waals surface area contributed by atoms with E-state index in [1.807, 2.05) is 24.3 Å². The molecule has 1 fully saturated rings. The number of para-hydroxylation sites is 1. The molecular weight excluding hydrogens is 374 g/mol. The summed E-state index contributed by atoms with van der Waals surface area (Å²) in [6, 6.07) is 14.4. The highest BCUT2D eigenvalue weighted by Gasteiger charge is 2.42. The number of rotatable bonds is 4. The highest BCUT2D eigenvalue weighted by molar-refractivity contribution is 5.78. The van der Waals surface area contributed by atoms with Crippen molar-refractivity contribution < 1.29 is 14.3 Å². The van der Waals surface area contributed by atoms with Crippen molar-refractivity contribution in [3.05, 3.63) is 59.2 Å². The molecule has 0 saturated heterocycles. The number of nitrogens with one attached hydrogen (secondary N) is 1. The number of carbonyl (C=O) groups excluding carboxylic acids is 1. The molecule has 1 unspecified atom stereocenters. The number of amides is 1. The molecule has 2 aromatic carbocycles. The van der Waals surface area contributed by atoms with Crippen LogP contribution in [0.3, 0.4) is 0 Å². The highest BCUT2D eigenvalue weighted by Crippen LogP contribution is 2.46. The first-order valence-electron chi connectivity index (χ1n) is 11.5. The number of carbonyl (C=O) groups is 1. The van der Waals surface area contributed by atoms with Crippen LogP contribution in [0.15, 0.2) is 42.5 Å². The third-order valence-corrected chi connectivity index (χ3v) is 6.99. The van der Waals surface area contributed by atoms with Gasteiger partial charge in [0.2, 0.25) is 0 Å². The molecule has 0 radical (unpaired) electrons. The molecule has 158 valence electrons.